The van der Waals surface area contributed by atoms with Crippen molar-refractivity contribution >= 4 is 10.0 Å². The second-order valence-electron chi connectivity index (χ2n) is 6.90. The van der Waals surface area contributed by atoms with E-state index < -0.39 is 10.0 Å². The van der Waals surface area contributed by atoms with Gasteiger partial charge in [-0.3, -0.25) is 0 Å². The van der Waals surface area contributed by atoms with Crippen molar-refractivity contribution in [3.8, 4) is 0 Å². The van der Waals surface area contributed by atoms with Gasteiger partial charge in [-0.05, 0) is 12.8 Å². The highest BCUT2D eigenvalue weighted by Crippen LogP contribution is 2.11. The molecule has 140 valence electrons. The van der Waals surface area contributed by atoms with Gasteiger partial charge < -0.3 is 0 Å². The van der Waals surface area contributed by atoms with E-state index in [2.05, 4.69) is 13.8 Å². The van der Waals surface area contributed by atoms with Crippen molar-refractivity contribution in [1.29, 1.82) is 0 Å². The predicted molar refractivity (Wildman–Crippen MR) is 102 cm³/mol. The van der Waals surface area contributed by atoms with Crippen molar-refractivity contribution in [2.24, 2.45) is 0 Å². The molecule has 0 aromatic carbocycles. The Morgan fingerprint density at radius 3 is 1.17 bits per heavy atom. The van der Waals surface area contributed by atoms with Crippen LogP contribution in [0.5, 0.6) is 0 Å². The van der Waals surface area contributed by atoms with Gasteiger partial charge >= 0.3 is 0 Å². The highest BCUT2D eigenvalue weighted by Gasteiger charge is 2.15. The zero-order valence-corrected chi connectivity index (χ0v) is 16.8. The third-order valence-corrected chi connectivity index (χ3v) is 5.79. The first-order valence-electron chi connectivity index (χ1n) is 9.97. The van der Waals surface area contributed by atoms with E-state index in [4.69, 9.17) is 0 Å². The number of unbranched alkanes of at least 4 members (excludes halogenated alkanes) is 12. The van der Waals surface area contributed by atoms with Crippen LogP contribution in [-0.4, -0.2) is 32.1 Å². The van der Waals surface area contributed by atoms with Gasteiger partial charge in [0.05, 0.1) is 6.26 Å². The van der Waals surface area contributed by atoms with Crippen molar-refractivity contribution < 1.29 is 8.42 Å². The summed E-state index contributed by atoms with van der Waals surface area (Å²) in [6.07, 6.45) is 18.6. The van der Waals surface area contributed by atoms with Gasteiger partial charge in [0, 0.05) is 13.1 Å². The van der Waals surface area contributed by atoms with Gasteiger partial charge in [-0.25, -0.2) is 12.7 Å². The SMILES string of the molecule is CCCCCCCCCN(CCCCCCCCC)S(C)(=O)=O. The molecule has 0 saturated carbocycles. The van der Waals surface area contributed by atoms with Crippen molar-refractivity contribution in [2.45, 2.75) is 104 Å². The van der Waals surface area contributed by atoms with Gasteiger partial charge in [-0.15, -0.1) is 0 Å². The summed E-state index contributed by atoms with van der Waals surface area (Å²) in [6, 6.07) is 0. The highest BCUT2D eigenvalue weighted by atomic mass is 32.2. The van der Waals surface area contributed by atoms with Crippen LogP contribution in [-0.2, 0) is 10.0 Å². The normalized spacial score (nSPS) is 12.2. The van der Waals surface area contributed by atoms with E-state index in [0.29, 0.717) is 13.1 Å². The Hall–Kier alpha value is -0.0900. The Balaban J connectivity index is 3.74. The van der Waals surface area contributed by atoms with Gasteiger partial charge in [-0.2, -0.15) is 0 Å². The smallest absolute Gasteiger partial charge is 0.211 e. The predicted octanol–water partition coefficient (Wildman–Crippen LogP) is 5.75. The number of sulfonamides is 1. The number of rotatable bonds is 17. The van der Waals surface area contributed by atoms with Crippen LogP contribution in [0, 0.1) is 0 Å². The summed E-state index contributed by atoms with van der Waals surface area (Å²) in [5.74, 6) is 0. The Labute approximate surface area is 146 Å². The summed E-state index contributed by atoms with van der Waals surface area (Å²) in [5, 5.41) is 0. The molecule has 0 bridgehead atoms. The monoisotopic (exact) mass is 347 g/mol. The minimum atomic E-state index is -3.03. The average Bonchev–Trinajstić information content (AvgIpc) is 2.50. The third kappa shape index (κ3) is 15.2. The van der Waals surface area contributed by atoms with Crippen LogP contribution < -0.4 is 0 Å². The topological polar surface area (TPSA) is 37.4 Å². The van der Waals surface area contributed by atoms with Crippen molar-refractivity contribution in [1.82, 2.24) is 4.31 Å². The quantitative estimate of drug-likeness (QED) is 0.314. The third-order valence-electron chi connectivity index (χ3n) is 4.49. The largest absolute Gasteiger partial charge is 0.213 e. The van der Waals surface area contributed by atoms with E-state index in [-0.39, 0.29) is 0 Å². The molecule has 23 heavy (non-hydrogen) atoms. The lowest BCUT2D eigenvalue weighted by Gasteiger charge is -2.19. The van der Waals surface area contributed by atoms with Crippen LogP contribution in [0.15, 0.2) is 0 Å². The fourth-order valence-corrected chi connectivity index (χ4v) is 3.86. The minimum Gasteiger partial charge on any atom is -0.213 e. The van der Waals surface area contributed by atoms with Gasteiger partial charge in [0.2, 0.25) is 10.0 Å². The lowest BCUT2D eigenvalue weighted by atomic mass is 10.1. The molecular weight excluding hydrogens is 306 g/mol. The molecule has 4 heteroatoms. The molecular formula is C19H41NO2S. The highest BCUT2D eigenvalue weighted by molar-refractivity contribution is 7.88. The van der Waals surface area contributed by atoms with Crippen LogP contribution in [0.1, 0.15) is 104 Å². The fraction of sp³-hybridized carbons (Fsp3) is 1.00. The van der Waals surface area contributed by atoms with Crippen LogP contribution in [0.25, 0.3) is 0 Å². The van der Waals surface area contributed by atoms with E-state index >= 15 is 0 Å². The molecule has 0 saturated heterocycles. The second-order valence-corrected chi connectivity index (χ2v) is 8.89. The zero-order chi connectivity index (χ0) is 17.4. The first-order valence-corrected chi connectivity index (χ1v) is 11.8. The summed E-state index contributed by atoms with van der Waals surface area (Å²) in [7, 11) is -3.03. The Morgan fingerprint density at radius 2 is 0.870 bits per heavy atom. The van der Waals surface area contributed by atoms with Gasteiger partial charge in [0.25, 0.3) is 0 Å². The Bertz CT molecular complexity index is 323. The van der Waals surface area contributed by atoms with Crippen LogP contribution in [0.4, 0.5) is 0 Å². The number of hydrogen-bond donors (Lipinski definition) is 0. The molecule has 0 aliphatic rings. The minimum absolute atomic E-state index is 0.711. The molecule has 0 rings (SSSR count). The molecule has 0 atom stereocenters. The van der Waals surface area contributed by atoms with E-state index in [1.54, 1.807) is 4.31 Å². The molecule has 3 nitrogen and oxygen atoms in total. The molecule has 0 heterocycles. The van der Waals surface area contributed by atoms with Crippen molar-refractivity contribution in [2.75, 3.05) is 19.3 Å². The molecule has 0 amide bonds. The van der Waals surface area contributed by atoms with Crippen molar-refractivity contribution in [3.63, 3.8) is 0 Å². The first-order chi connectivity index (χ1) is 11.0. The summed E-state index contributed by atoms with van der Waals surface area (Å²) in [4.78, 5) is 0. The van der Waals surface area contributed by atoms with E-state index in [1.807, 2.05) is 0 Å². The molecule has 0 spiro atoms. The standard InChI is InChI=1S/C19H41NO2S/c1-4-6-8-10-12-14-16-18-20(23(3,21)22)19-17-15-13-11-9-7-5-2/h4-19H2,1-3H3. The maximum atomic E-state index is 11.9. The van der Waals surface area contributed by atoms with Crippen LogP contribution in [0.2, 0.25) is 0 Å². The maximum absolute atomic E-state index is 11.9. The van der Waals surface area contributed by atoms with Gasteiger partial charge in [-0.1, -0.05) is 90.9 Å². The number of hydrogen-bond acceptors (Lipinski definition) is 2. The Morgan fingerprint density at radius 1 is 0.565 bits per heavy atom. The molecule has 0 aliphatic carbocycles. The van der Waals surface area contributed by atoms with Crippen LogP contribution in [0.3, 0.4) is 0 Å². The molecule has 0 aromatic rings. The average molecular weight is 348 g/mol. The van der Waals surface area contributed by atoms with Crippen LogP contribution >= 0.6 is 0 Å². The number of nitrogens with zero attached hydrogens (tertiary/aromatic N) is 1. The maximum Gasteiger partial charge on any atom is 0.211 e. The summed E-state index contributed by atoms with van der Waals surface area (Å²) < 4.78 is 25.4. The fourth-order valence-electron chi connectivity index (χ4n) is 2.93. The summed E-state index contributed by atoms with van der Waals surface area (Å²) >= 11 is 0. The van der Waals surface area contributed by atoms with E-state index in [1.165, 1.54) is 70.5 Å². The van der Waals surface area contributed by atoms with Gasteiger partial charge in [0.15, 0.2) is 0 Å². The molecule has 0 aliphatic heterocycles. The zero-order valence-electron chi connectivity index (χ0n) is 16.0. The Kier molecular flexibility index (Phi) is 15.4. The molecule has 0 unspecified atom stereocenters. The second kappa shape index (κ2) is 15.4. The molecule has 0 radical (unpaired) electrons. The van der Waals surface area contributed by atoms with Gasteiger partial charge in [0.1, 0.15) is 0 Å². The van der Waals surface area contributed by atoms with E-state index in [0.717, 1.165) is 25.7 Å². The first kappa shape index (κ1) is 22.9. The lowest BCUT2D eigenvalue weighted by Crippen LogP contribution is -2.32. The molecule has 0 N–H and O–H groups in total. The van der Waals surface area contributed by atoms with E-state index in [9.17, 15) is 8.42 Å². The lowest BCUT2D eigenvalue weighted by molar-refractivity contribution is 0.386. The summed E-state index contributed by atoms with van der Waals surface area (Å²) in [5.41, 5.74) is 0. The van der Waals surface area contributed by atoms with Crippen molar-refractivity contribution in [3.05, 3.63) is 0 Å². The summed E-state index contributed by atoms with van der Waals surface area (Å²) in [6.45, 7) is 5.88. The molecule has 0 fully saturated rings. The molecule has 0 aromatic heterocycles.